The van der Waals surface area contributed by atoms with Crippen LogP contribution in [0.5, 0.6) is 0 Å². The van der Waals surface area contributed by atoms with E-state index < -0.39 is 0 Å². The Morgan fingerprint density at radius 1 is 1.09 bits per heavy atom. The molecule has 0 heterocycles. The lowest BCUT2D eigenvalue weighted by atomic mass is 9.49. The summed E-state index contributed by atoms with van der Waals surface area (Å²) in [5.41, 5.74) is 7.82. The van der Waals surface area contributed by atoms with Crippen molar-refractivity contribution in [2.75, 3.05) is 5.32 Å². The third-order valence-corrected chi connectivity index (χ3v) is 6.21. The summed E-state index contributed by atoms with van der Waals surface area (Å²) in [7, 11) is 0. The Morgan fingerprint density at radius 3 is 2.05 bits per heavy atom. The van der Waals surface area contributed by atoms with Gasteiger partial charge in [-0.15, -0.1) is 0 Å². The molecule has 1 amide bonds. The molecule has 4 aliphatic rings. The summed E-state index contributed by atoms with van der Waals surface area (Å²) in [4.78, 5) is 12.9. The summed E-state index contributed by atoms with van der Waals surface area (Å²) in [5.74, 6) is 2.67. The fourth-order valence-corrected chi connectivity index (χ4v) is 5.52. The van der Waals surface area contributed by atoms with Gasteiger partial charge in [0.15, 0.2) is 0 Å². The van der Waals surface area contributed by atoms with Gasteiger partial charge in [-0.2, -0.15) is 0 Å². The first-order valence-electron chi connectivity index (χ1n) is 8.71. The highest BCUT2D eigenvalue weighted by Gasteiger charge is 2.54. The van der Waals surface area contributed by atoms with Crippen molar-refractivity contribution in [3.05, 3.63) is 29.8 Å². The van der Waals surface area contributed by atoms with E-state index >= 15 is 0 Å². The molecule has 0 spiro atoms. The Labute approximate surface area is 132 Å². The Hall–Kier alpha value is -1.35. The first-order valence-corrected chi connectivity index (χ1v) is 8.71. The van der Waals surface area contributed by atoms with Crippen LogP contribution in [0.1, 0.15) is 57.1 Å². The minimum Gasteiger partial charge on any atom is -0.326 e. The number of rotatable bonds is 3. The molecule has 0 aromatic heterocycles. The van der Waals surface area contributed by atoms with E-state index in [4.69, 9.17) is 5.73 Å². The van der Waals surface area contributed by atoms with Gasteiger partial charge >= 0.3 is 0 Å². The van der Waals surface area contributed by atoms with E-state index in [0.717, 1.165) is 48.3 Å². The van der Waals surface area contributed by atoms with Gasteiger partial charge in [-0.25, -0.2) is 0 Å². The van der Waals surface area contributed by atoms with Gasteiger partial charge in [0.25, 0.3) is 0 Å². The van der Waals surface area contributed by atoms with Crippen molar-refractivity contribution in [2.45, 2.75) is 51.5 Å². The average Bonchev–Trinajstić information content (AvgIpc) is 2.46. The molecule has 22 heavy (non-hydrogen) atoms. The minimum atomic E-state index is -0.0748. The summed E-state index contributed by atoms with van der Waals surface area (Å²) in [6.07, 6.45) is 7.45. The number of hydrogen-bond donors (Lipinski definition) is 2. The zero-order valence-electron chi connectivity index (χ0n) is 13.3. The quantitative estimate of drug-likeness (QED) is 0.890. The molecule has 1 aromatic rings. The summed E-state index contributed by atoms with van der Waals surface area (Å²) in [5, 5.41) is 3.19. The normalized spacial score (nSPS) is 37.1. The lowest BCUT2D eigenvalue weighted by molar-refractivity contribution is -0.140. The Balaban J connectivity index is 1.50. The number of nitrogens with two attached hydrogens (primary N) is 1. The predicted molar refractivity (Wildman–Crippen MR) is 88.3 cm³/mol. The Kier molecular flexibility index (Phi) is 3.30. The number of anilines is 1. The molecule has 4 bridgehead atoms. The third kappa shape index (κ3) is 2.36. The van der Waals surface area contributed by atoms with E-state index in [0.29, 0.717) is 0 Å². The van der Waals surface area contributed by atoms with Crippen LogP contribution in [0.3, 0.4) is 0 Å². The minimum absolute atomic E-state index is 0.0351. The molecule has 3 nitrogen and oxygen atoms in total. The zero-order chi connectivity index (χ0) is 15.3. The monoisotopic (exact) mass is 298 g/mol. The fourth-order valence-electron chi connectivity index (χ4n) is 5.52. The van der Waals surface area contributed by atoms with Crippen LogP contribution in [0.4, 0.5) is 5.69 Å². The van der Waals surface area contributed by atoms with Crippen LogP contribution in [0.15, 0.2) is 24.3 Å². The molecule has 1 unspecified atom stereocenters. The number of carbonyl (C=O) groups excluding carboxylic acids is 1. The highest BCUT2D eigenvalue weighted by Crippen LogP contribution is 2.60. The van der Waals surface area contributed by atoms with E-state index in [-0.39, 0.29) is 17.4 Å². The lowest BCUT2D eigenvalue weighted by Crippen LogP contribution is -2.51. The largest absolute Gasteiger partial charge is 0.326 e. The Bertz CT molecular complexity index is 540. The first-order chi connectivity index (χ1) is 10.5. The molecule has 1 atom stereocenters. The van der Waals surface area contributed by atoms with Gasteiger partial charge in [0.1, 0.15) is 0 Å². The number of benzene rings is 1. The van der Waals surface area contributed by atoms with Crippen LogP contribution >= 0.6 is 0 Å². The number of hydrogen-bond acceptors (Lipinski definition) is 2. The van der Waals surface area contributed by atoms with E-state index in [1.807, 2.05) is 31.2 Å². The van der Waals surface area contributed by atoms with Crippen molar-refractivity contribution in [1.82, 2.24) is 0 Å². The van der Waals surface area contributed by atoms with E-state index in [1.54, 1.807) is 0 Å². The van der Waals surface area contributed by atoms with Crippen LogP contribution in [0.25, 0.3) is 0 Å². The maximum Gasteiger partial charge on any atom is 0.230 e. The molecule has 4 saturated carbocycles. The van der Waals surface area contributed by atoms with Crippen LogP contribution in [0.2, 0.25) is 0 Å². The molecule has 118 valence electrons. The average molecular weight is 298 g/mol. The number of nitrogens with one attached hydrogen (secondary N) is 1. The Morgan fingerprint density at radius 2 is 1.59 bits per heavy atom. The molecular formula is C19H26N2O. The SMILES string of the molecule is CC(N)c1ccc(NC(=O)C23CC4CC(CC(C4)C2)C3)cc1. The molecule has 1 aromatic carbocycles. The highest BCUT2D eigenvalue weighted by atomic mass is 16.2. The second kappa shape index (κ2) is 5.09. The number of amides is 1. The van der Waals surface area contributed by atoms with Gasteiger partial charge < -0.3 is 11.1 Å². The summed E-state index contributed by atoms with van der Waals surface area (Å²) < 4.78 is 0. The molecule has 0 radical (unpaired) electrons. The van der Waals surface area contributed by atoms with Crippen molar-refractivity contribution in [2.24, 2.45) is 28.9 Å². The predicted octanol–water partition coefficient (Wildman–Crippen LogP) is 3.86. The summed E-state index contributed by atoms with van der Waals surface area (Å²) in [6.45, 7) is 1.98. The second-order valence-electron chi connectivity index (χ2n) is 8.06. The van der Waals surface area contributed by atoms with Crippen molar-refractivity contribution < 1.29 is 4.79 Å². The zero-order valence-corrected chi connectivity index (χ0v) is 13.3. The van der Waals surface area contributed by atoms with Crippen molar-refractivity contribution in [3.63, 3.8) is 0 Å². The van der Waals surface area contributed by atoms with E-state index in [2.05, 4.69) is 5.32 Å². The van der Waals surface area contributed by atoms with E-state index in [9.17, 15) is 4.79 Å². The molecule has 5 rings (SSSR count). The number of carbonyl (C=O) groups is 1. The maximum atomic E-state index is 12.9. The van der Waals surface area contributed by atoms with Crippen LogP contribution in [-0.2, 0) is 4.79 Å². The van der Waals surface area contributed by atoms with Gasteiger partial charge in [-0.3, -0.25) is 4.79 Å². The molecular weight excluding hydrogens is 272 g/mol. The summed E-state index contributed by atoms with van der Waals surface area (Å²) in [6, 6.07) is 8.03. The van der Waals surface area contributed by atoms with Gasteiger partial charge in [0.05, 0.1) is 5.41 Å². The first kappa shape index (κ1) is 14.3. The molecule has 0 saturated heterocycles. The molecule has 0 aliphatic heterocycles. The lowest BCUT2D eigenvalue weighted by Gasteiger charge is -2.55. The van der Waals surface area contributed by atoms with Crippen LogP contribution in [-0.4, -0.2) is 5.91 Å². The van der Waals surface area contributed by atoms with Crippen molar-refractivity contribution in [3.8, 4) is 0 Å². The standard InChI is InChI=1S/C19H26N2O/c1-12(20)16-2-4-17(5-3-16)21-18(22)19-9-13-6-14(10-19)8-15(7-13)11-19/h2-5,12-15H,6-11,20H2,1H3,(H,21,22). The molecule has 3 heteroatoms. The smallest absolute Gasteiger partial charge is 0.230 e. The summed E-state index contributed by atoms with van der Waals surface area (Å²) >= 11 is 0. The third-order valence-electron chi connectivity index (χ3n) is 6.21. The van der Waals surface area contributed by atoms with Crippen LogP contribution in [0, 0.1) is 23.2 Å². The van der Waals surface area contributed by atoms with Crippen molar-refractivity contribution >= 4 is 11.6 Å². The van der Waals surface area contributed by atoms with Gasteiger partial charge in [-0.1, -0.05) is 12.1 Å². The molecule has 3 N–H and O–H groups in total. The van der Waals surface area contributed by atoms with Gasteiger partial charge in [0.2, 0.25) is 5.91 Å². The second-order valence-corrected chi connectivity index (χ2v) is 8.06. The maximum absolute atomic E-state index is 12.9. The highest BCUT2D eigenvalue weighted by molar-refractivity contribution is 5.95. The van der Waals surface area contributed by atoms with Crippen molar-refractivity contribution in [1.29, 1.82) is 0 Å². The van der Waals surface area contributed by atoms with Gasteiger partial charge in [-0.05, 0) is 80.9 Å². The molecule has 4 aliphatic carbocycles. The molecule has 4 fully saturated rings. The fraction of sp³-hybridized carbons (Fsp3) is 0.632. The van der Waals surface area contributed by atoms with Gasteiger partial charge in [0, 0.05) is 11.7 Å². The topological polar surface area (TPSA) is 55.1 Å². The van der Waals surface area contributed by atoms with Crippen LogP contribution < -0.4 is 11.1 Å². The van der Waals surface area contributed by atoms with E-state index in [1.165, 1.54) is 19.3 Å².